The number of benzene rings is 2. The van der Waals surface area contributed by atoms with Gasteiger partial charge in [-0.2, -0.15) is 0 Å². The highest BCUT2D eigenvalue weighted by Crippen LogP contribution is 2.35. The Bertz CT molecular complexity index is 1370. The number of non-ortho nitro benzene ring substituents is 1. The number of carbonyl (C=O) groups is 3. The van der Waals surface area contributed by atoms with Crippen molar-refractivity contribution in [2.75, 3.05) is 12.0 Å². The highest BCUT2D eigenvalue weighted by atomic mass is 16.6. The summed E-state index contributed by atoms with van der Waals surface area (Å²) in [6.07, 6.45) is 1.24. The molecule has 2 heterocycles. The number of amides is 4. The molecule has 3 aromatic rings. The van der Waals surface area contributed by atoms with Crippen LogP contribution in [0.2, 0.25) is 0 Å². The maximum atomic E-state index is 13.1. The zero-order chi connectivity index (χ0) is 24.6. The molecule has 0 radical (unpaired) electrons. The summed E-state index contributed by atoms with van der Waals surface area (Å²) in [6, 6.07) is 11.6. The summed E-state index contributed by atoms with van der Waals surface area (Å²) < 4.78 is 11.0. The molecule has 4 amide bonds. The second-order valence-electron chi connectivity index (χ2n) is 7.65. The predicted molar refractivity (Wildman–Crippen MR) is 122 cm³/mol. The Morgan fingerprint density at radius 3 is 2.38 bits per heavy atom. The highest BCUT2D eigenvalue weighted by Gasteiger charge is 2.37. The van der Waals surface area contributed by atoms with Crippen LogP contribution in [0, 0.1) is 24.0 Å². The van der Waals surface area contributed by atoms with Crippen molar-refractivity contribution in [2.45, 2.75) is 13.8 Å². The van der Waals surface area contributed by atoms with Crippen LogP contribution in [-0.4, -0.2) is 29.9 Å². The maximum Gasteiger partial charge on any atom is 0.335 e. The molecule has 10 nitrogen and oxygen atoms in total. The molecule has 0 bridgehead atoms. The molecule has 1 aromatic heterocycles. The largest absolute Gasteiger partial charge is 0.496 e. The monoisotopic (exact) mass is 461 g/mol. The number of urea groups is 1. The molecule has 1 saturated heterocycles. The van der Waals surface area contributed by atoms with E-state index in [2.05, 4.69) is 5.32 Å². The van der Waals surface area contributed by atoms with Gasteiger partial charge in [-0.25, -0.2) is 9.69 Å². The Labute approximate surface area is 193 Å². The summed E-state index contributed by atoms with van der Waals surface area (Å²) in [4.78, 5) is 49.3. The average molecular weight is 461 g/mol. The van der Waals surface area contributed by atoms with Gasteiger partial charge in [0.25, 0.3) is 17.5 Å². The number of nitro benzene ring substituents is 1. The molecular formula is C24H19N3O7. The van der Waals surface area contributed by atoms with Crippen LogP contribution in [0.5, 0.6) is 5.75 Å². The summed E-state index contributed by atoms with van der Waals surface area (Å²) in [6.45, 7) is 3.67. The Morgan fingerprint density at radius 1 is 1.03 bits per heavy atom. The minimum absolute atomic E-state index is 0.143. The quantitative estimate of drug-likeness (QED) is 0.261. The van der Waals surface area contributed by atoms with Crippen LogP contribution >= 0.6 is 0 Å². The second-order valence-corrected chi connectivity index (χ2v) is 7.65. The minimum Gasteiger partial charge on any atom is -0.496 e. The molecule has 10 heteroatoms. The number of nitrogens with one attached hydrogen (secondary N) is 1. The lowest BCUT2D eigenvalue weighted by Gasteiger charge is -2.26. The zero-order valence-corrected chi connectivity index (χ0v) is 18.4. The van der Waals surface area contributed by atoms with Crippen molar-refractivity contribution < 1.29 is 28.5 Å². The van der Waals surface area contributed by atoms with Crippen LogP contribution in [0.1, 0.15) is 16.9 Å². The number of imide groups is 2. The van der Waals surface area contributed by atoms with Crippen molar-refractivity contribution in [1.29, 1.82) is 0 Å². The number of rotatable bonds is 5. The fourth-order valence-electron chi connectivity index (χ4n) is 3.69. The molecule has 1 N–H and O–H groups in total. The number of hydrogen-bond acceptors (Lipinski definition) is 7. The number of carbonyl (C=O) groups excluding carboxylic acids is 3. The number of barbiturate groups is 1. The van der Waals surface area contributed by atoms with E-state index in [4.69, 9.17) is 9.15 Å². The van der Waals surface area contributed by atoms with Crippen LogP contribution in [0.25, 0.3) is 17.4 Å². The Hall–Kier alpha value is -4.73. The van der Waals surface area contributed by atoms with E-state index >= 15 is 0 Å². The van der Waals surface area contributed by atoms with Gasteiger partial charge in [-0.1, -0.05) is 6.07 Å². The number of furan rings is 1. The van der Waals surface area contributed by atoms with Gasteiger partial charge in [-0.05, 0) is 61.4 Å². The lowest BCUT2D eigenvalue weighted by molar-refractivity contribution is -0.384. The summed E-state index contributed by atoms with van der Waals surface area (Å²) >= 11 is 0. The first-order valence-electron chi connectivity index (χ1n) is 10.1. The van der Waals surface area contributed by atoms with Crippen molar-refractivity contribution in [1.82, 2.24) is 5.32 Å². The third-order valence-corrected chi connectivity index (χ3v) is 5.14. The number of ether oxygens (including phenoxy) is 1. The first-order valence-corrected chi connectivity index (χ1v) is 10.1. The Balaban J connectivity index is 1.69. The number of methoxy groups -OCH3 is 1. The molecule has 0 spiro atoms. The lowest BCUT2D eigenvalue weighted by atomic mass is 10.1. The molecule has 172 valence electrons. The van der Waals surface area contributed by atoms with Crippen LogP contribution in [0.4, 0.5) is 16.2 Å². The molecule has 0 atom stereocenters. The van der Waals surface area contributed by atoms with Gasteiger partial charge < -0.3 is 9.15 Å². The van der Waals surface area contributed by atoms with Gasteiger partial charge in [0.1, 0.15) is 22.8 Å². The SMILES string of the molecule is COc1cc([N+](=O)[O-])ccc1-c1ccc(/C=C2\C(=O)NC(=O)N(c3cc(C)cc(C)c3)C2=O)o1. The number of hydrogen-bond donors (Lipinski definition) is 1. The van der Waals surface area contributed by atoms with Gasteiger partial charge in [0.05, 0.1) is 29.4 Å². The van der Waals surface area contributed by atoms with E-state index in [1.54, 1.807) is 18.2 Å². The molecule has 0 aliphatic carbocycles. The molecule has 4 rings (SSSR count). The lowest BCUT2D eigenvalue weighted by Crippen LogP contribution is -2.54. The van der Waals surface area contributed by atoms with Gasteiger partial charge >= 0.3 is 6.03 Å². The van der Waals surface area contributed by atoms with Gasteiger partial charge in [0, 0.05) is 6.07 Å². The Morgan fingerprint density at radius 2 is 1.74 bits per heavy atom. The second kappa shape index (κ2) is 8.66. The Kier molecular flexibility index (Phi) is 5.72. The van der Waals surface area contributed by atoms with E-state index in [-0.39, 0.29) is 22.8 Å². The molecule has 34 heavy (non-hydrogen) atoms. The molecule has 1 aliphatic heterocycles. The topological polar surface area (TPSA) is 132 Å². The van der Waals surface area contributed by atoms with Crippen molar-refractivity contribution >= 4 is 35.3 Å². The van der Waals surface area contributed by atoms with Gasteiger partial charge in [-0.15, -0.1) is 0 Å². The van der Waals surface area contributed by atoms with Crippen LogP contribution in [0.15, 0.2) is 58.5 Å². The van der Waals surface area contributed by atoms with E-state index in [1.807, 2.05) is 19.9 Å². The summed E-state index contributed by atoms with van der Waals surface area (Å²) in [5, 5.41) is 13.2. The van der Waals surface area contributed by atoms with Crippen molar-refractivity contribution in [3.63, 3.8) is 0 Å². The van der Waals surface area contributed by atoms with E-state index in [1.165, 1.54) is 37.5 Å². The van der Waals surface area contributed by atoms with E-state index < -0.39 is 22.8 Å². The molecular weight excluding hydrogens is 442 g/mol. The zero-order valence-electron chi connectivity index (χ0n) is 18.4. The number of nitrogens with zero attached hydrogens (tertiary/aromatic N) is 2. The van der Waals surface area contributed by atoms with E-state index in [0.29, 0.717) is 17.0 Å². The average Bonchev–Trinajstić information content (AvgIpc) is 3.23. The first-order chi connectivity index (χ1) is 16.2. The third-order valence-electron chi connectivity index (χ3n) is 5.14. The molecule has 1 fully saturated rings. The number of nitro groups is 1. The van der Waals surface area contributed by atoms with Crippen LogP contribution in [0.3, 0.4) is 0 Å². The van der Waals surface area contributed by atoms with Gasteiger partial charge in [-0.3, -0.25) is 25.0 Å². The summed E-state index contributed by atoms with van der Waals surface area (Å²) in [5.41, 5.74) is 2.07. The fraction of sp³-hybridized carbons (Fsp3) is 0.125. The smallest absolute Gasteiger partial charge is 0.335 e. The van der Waals surface area contributed by atoms with Crippen LogP contribution < -0.4 is 15.0 Å². The molecule has 0 unspecified atom stereocenters. The van der Waals surface area contributed by atoms with Crippen molar-refractivity contribution in [3.8, 4) is 17.1 Å². The first kappa shape index (κ1) is 22.5. The van der Waals surface area contributed by atoms with E-state index in [9.17, 15) is 24.5 Å². The highest BCUT2D eigenvalue weighted by molar-refractivity contribution is 6.39. The van der Waals surface area contributed by atoms with Crippen molar-refractivity contribution in [3.05, 3.63) is 81.1 Å². The number of anilines is 1. The summed E-state index contributed by atoms with van der Waals surface area (Å²) in [7, 11) is 1.37. The standard InChI is InChI=1S/C24H19N3O7/c1-13-8-14(2)10-16(9-13)26-23(29)19(22(28)25-24(26)30)12-17-5-7-20(34-17)18-6-4-15(27(31)32)11-21(18)33-3/h4-12H,1-3H3,(H,25,28,30)/b19-12+. The predicted octanol–water partition coefficient (Wildman–Crippen LogP) is 4.15. The fourth-order valence-corrected chi connectivity index (χ4v) is 3.69. The van der Waals surface area contributed by atoms with Crippen LogP contribution in [-0.2, 0) is 9.59 Å². The van der Waals surface area contributed by atoms with E-state index in [0.717, 1.165) is 16.0 Å². The van der Waals surface area contributed by atoms with Crippen molar-refractivity contribution in [2.24, 2.45) is 0 Å². The molecule has 2 aromatic carbocycles. The molecule has 1 aliphatic rings. The van der Waals surface area contributed by atoms with Gasteiger partial charge in [0.15, 0.2) is 0 Å². The summed E-state index contributed by atoms with van der Waals surface area (Å²) in [5.74, 6) is -0.930. The minimum atomic E-state index is -0.846. The van der Waals surface area contributed by atoms with Gasteiger partial charge in [0.2, 0.25) is 0 Å². The maximum absolute atomic E-state index is 13.1. The number of aryl methyl sites for hydroxylation is 2. The normalized spacial score (nSPS) is 15.0. The third kappa shape index (κ3) is 4.16. The molecule has 0 saturated carbocycles.